The Balaban J connectivity index is 0.00000120. The van der Waals surface area contributed by atoms with Crippen LogP contribution in [0.2, 0.25) is 0 Å². The number of ketones is 2. The van der Waals surface area contributed by atoms with Crippen LogP contribution in [-0.4, -0.2) is 285 Å². The van der Waals surface area contributed by atoms with Gasteiger partial charge in [-0.15, -0.1) is 0 Å². The Morgan fingerprint density at radius 3 is 1.27 bits per heavy atom. The van der Waals surface area contributed by atoms with E-state index in [2.05, 4.69) is 38.5 Å². The maximum Gasteiger partial charge on any atom is 1.00 e. The minimum absolute atomic E-state index is 0. The molecule has 12 unspecified atom stereocenters. The number of aryl methyl sites for hydroxylation is 2. The van der Waals surface area contributed by atoms with E-state index >= 15 is 14.4 Å². The molecule has 3 aliphatic rings. The number of aliphatic hydroxyl groups excluding tert-OH is 2. The topological polar surface area (TPSA) is 582 Å². The first-order chi connectivity index (χ1) is 67.6. The predicted molar refractivity (Wildman–Crippen MR) is 542 cm³/mol. The van der Waals surface area contributed by atoms with Crippen molar-refractivity contribution in [3.05, 3.63) is 106 Å². The number of nitrogens with zero attached hydrogens (tertiary/aromatic N) is 4. The molecule has 0 bridgehead atoms. The minimum atomic E-state index is -4.59. The molecule has 11 N–H and O–H groups in total. The zero-order valence-electron chi connectivity index (χ0n) is 91.3. The van der Waals surface area contributed by atoms with Crippen molar-refractivity contribution in [2.45, 2.75) is 206 Å². The van der Waals surface area contributed by atoms with Crippen molar-refractivity contribution < 1.29 is 178 Å². The van der Waals surface area contributed by atoms with Gasteiger partial charge in [-0.3, -0.25) is 67.2 Å². The van der Waals surface area contributed by atoms with E-state index in [1.54, 1.807) is 127 Å². The third-order valence-electron chi connectivity index (χ3n) is 27.4. The predicted octanol–water partition coefficient (Wildman–Crippen LogP) is 5.87. The molecule has 3 amide bonds. The number of phenols is 2. The first kappa shape index (κ1) is 133. The van der Waals surface area contributed by atoms with Gasteiger partial charge in [-0.1, -0.05) is 183 Å². The number of hydrogen-bond donors (Lipinski definition) is 10. The van der Waals surface area contributed by atoms with Crippen molar-refractivity contribution in [2.75, 3.05) is 135 Å². The van der Waals surface area contributed by atoms with Gasteiger partial charge < -0.3 is 94.7 Å². The summed E-state index contributed by atoms with van der Waals surface area (Å²) in [6.07, 6.45) is 1.00. The molecular formula is C105H161N8NaO31S2. The molecule has 4 aromatic rings. The van der Waals surface area contributed by atoms with E-state index in [0.717, 1.165) is 73.3 Å². The van der Waals surface area contributed by atoms with Crippen LogP contribution in [0.3, 0.4) is 0 Å². The van der Waals surface area contributed by atoms with Gasteiger partial charge in [0, 0.05) is 67.9 Å². The fourth-order valence-corrected chi connectivity index (χ4v) is 21.6. The molecule has 3 fully saturated rings. The maximum atomic E-state index is 15.3. The second-order valence-corrected chi connectivity index (χ2v) is 45.8. The number of ether oxygens (including phenoxy) is 6. The molecule has 0 aliphatic carbocycles. The van der Waals surface area contributed by atoms with Crippen molar-refractivity contribution in [3.63, 3.8) is 0 Å². The zero-order chi connectivity index (χ0) is 112. The summed E-state index contributed by atoms with van der Waals surface area (Å²) in [4.78, 5) is 197. The number of esters is 6. The summed E-state index contributed by atoms with van der Waals surface area (Å²) >= 11 is 0. The first-order valence-corrected chi connectivity index (χ1v) is 52.1. The van der Waals surface area contributed by atoms with E-state index in [9.17, 15) is 95.1 Å². The fraction of sp³-hybridized carbons (Fsp3) is 0.638. The molecule has 820 valence electrons. The number of carboxylic acids is 3. The number of sulfonamides is 2. The largest absolute Gasteiger partial charge is 1.00 e. The van der Waals surface area contributed by atoms with Crippen LogP contribution in [0.15, 0.2) is 82.6 Å². The van der Waals surface area contributed by atoms with Crippen LogP contribution >= 0.6 is 0 Å². The number of carbonyl (C=O) groups is 14. The normalized spacial score (nSPS) is 17.9. The van der Waals surface area contributed by atoms with Crippen LogP contribution in [0.4, 0.5) is 0 Å². The number of nitrogens with one attached hydrogen (secondary N) is 3. The van der Waals surface area contributed by atoms with Gasteiger partial charge in [-0.2, -0.15) is 0 Å². The Labute approximate surface area is 889 Å². The summed E-state index contributed by atoms with van der Waals surface area (Å²) < 4.78 is 88.1. The Morgan fingerprint density at radius 2 is 0.905 bits per heavy atom. The number of rotatable bonds is 52. The number of benzene rings is 4. The molecule has 147 heavy (non-hydrogen) atoms. The number of amides is 3. The third kappa shape index (κ3) is 37.1. The summed E-state index contributed by atoms with van der Waals surface area (Å²) in [7, 11) is 5.12. The van der Waals surface area contributed by atoms with Gasteiger partial charge in [0.1, 0.15) is 39.4 Å². The summed E-state index contributed by atoms with van der Waals surface area (Å²) in [5, 5.41) is 76.7. The number of nitrogens with two attached hydrogens (primary N) is 1. The Bertz CT molecular complexity index is 5390. The summed E-state index contributed by atoms with van der Waals surface area (Å²) in [5.74, 6) is -29.4. The molecule has 12 atom stereocenters. The van der Waals surface area contributed by atoms with Gasteiger partial charge in [-0.05, 0) is 186 Å². The number of phenolic OH excluding ortho intramolecular Hbond substituents is 2. The number of likely N-dealkylation sites (tertiary alicyclic amines) is 1. The SMILES string of the molecule is CCC(C)(C)C1C(=O)OC(=O)C1C.CCO.CCOC(=O)C(C(CC(C)(C)C1C(=O)OC(=O)C1C)C(=O)O)C(C)(C)CC(C(=O)[O-])C(C(=O)NCCCN(C)C)C(C)(C)CC1C(=O)N(CCCN(C)C)C(=O)C1C(C)(C)CC(C(=O)O)C(C(=O)OCCNS(=O)(=O)c1cc(C(=O)c2ccc(C)cc2)c(O)cc1OC)C(C)(C)CC.CN(C)CCCN.COc1cc(O)c(C(=O)c2ccc(C)cc2)cc1S(=O)(=O)NCCO.[Na+]. The second kappa shape index (κ2) is 58.6. The van der Waals surface area contributed by atoms with Crippen LogP contribution in [0.5, 0.6) is 23.0 Å². The number of aromatic hydroxyl groups is 2. The number of aliphatic carboxylic acids is 3. The number of hydrogen-bond acceptors (Lipinski definition) is 33. The molecule has 0 aromatic heterocycles. The van der Waals surface area contributed by atoms with E-state index in [4.69, 9.17) is 39.6 Å². The molecule has 0 spiro atoms. The van der Waals surface area contributed by atoms with Crippen LogP contribution in [0.1, 0.15) is 225 Å². The minimum Gasteiger partial charge on any atom is -0.550 e. The number of cyclic esters (lactones) is 4. The number of carbonyl (C=O) groups excluding carboxylic acids is 12. The van der Waals surface area contributed by atoms with Crippen LogP contribution in [0, 0.1) is 117 Å². The summed E-state index contributed by atoms with van der Waals surface area (Å²) in [6, 6.07) is 17.1. The average molecular weight is 2120 g/mol. The first-order valence-electron chi connectivity index (χ1n) is 49.1. The summed E-state index contributed by atoms with van der Waals surface area (Å²) in [6.45, 7) is 34.5. The molecule has 7 rings (SSSR count). The van der Waals surface area contributed by atoms with Gasteiger partial charge in [-0.25, -0.2) is 26.3 Å². The Hall–Kier alpha value is -9.76. The zero-order valence-corrected chi connectivity index (χ0v) is 94.9. The summed E-state index contributed by atoms with van der Waals surface area (Å²) in [5.41, 5.74) is -0.456. The van der Waals surface area contributed by atoms with Crippen LogP contribution < -0.4 is 64.6 Å². The standard InChI is InChI=1S/C71H107N5O21S.C17H19NO6S.C10H16O3.C5H14N2.C2H6O.Na/c1-20-67(5,6)54(65(90)96-33-29-73-98(92,93)50-34-43(48(77)35-49(50)94-19)56(78)42-26-24-40(3)25-27-42)46(61(84)85)39-70(11,12)53-44(58(80)76(59(53)81)32-23-31-75(17)18)36-69(9,10)52(57(79)72-28-22-30-74(15)16)45(60(82)83)37-71(13,14)55(64(89)95-21-2)47(62(86)87)38-68(7,8)51-41(4)63(88)97-66(51)91;1-11-3-5-12(6-4-11)17(21)13-9-16(15(24-2)10-14(13)20)25(22,23)18-7-8-19;1-5-10(3,4)7-6(2)8(11)13-9(7)12;1-7(2)5-3-4-6;1-2-3;/h24-27,34-35,41,44-47,51-55,73,77H,20-23,28-33,36-39H2,1-19H3,(H,72,79)(H,82,83)(H,84,85)(H,86,87);3-6,9-10,18-20H,7-8H2,1-2H3;6-7H,5H2,1-4H3;3-6H2,1-2H3;3H,2H2,1H3;/q;;;;;+1/p-1. The van der Waals surface area contributed by atoms with E-state index in [-0.39, 0.29) is 143 Å². The molecule has 39 nitrogen and oxygen atoms in total. The van der Waals surface area contributed by atoms with Crippen molar-refractivity contribution in [1.29, 1.82) is 0 Å². The molecule has 4 aromatic carbocycles. The molecule has 0 saturated carbocycles. The second-order valence-electron chi connectivity index (χ2n) is 42.4. The fourth-order valence-electron chi connectivity index (χ4n) is 19.2. The van der Waals surface area contributed by atoms with E-state index in [0.29, 0.717) is 31.5 Å². The molecule has 3 aliphatic heterocycles. The molecular weight excluding hydrogens is 1960 g/mol. The molecule has 42 heteroatoms. The maximum absolute atomic E-state index is 15.3. The third-order valence-corrected chi connectivity index (χ3v) is 30.4. The number of aliphatic hydroxyl groups is 2. The van der Waals surface area contributed by atoms with Crippen molar-refractivity contribution >= 4 is 103 Å². The monoisotopic (exact) mass is 2120 g/mol. The van der Waals surface area contributed by atoms with Gasteiger partial charge in [0.15, 0.2) is 11.6 Å². The molecule has 0 radical (unpaired) electrons. The van der Waals surface area contributed by atoms with Gasteiger partial charge in [0.05, 0.1) is 104 Å². The van der Waals surface area contributed by atoms with E-state index in [1.807, 2.05) is 58.5 Å². The van der Waals surface area contributed by atoms with Crippen molar-refractivity contribution in [3.8, 4) is 23.0 Å². The van der Waals surface area contributed by atoms with Gasteiger partial charge in [0.2, 0.25) is 37.8 Å². The van der Waals surface area contributed by atoms with E-state index < -0.39 is 227 Å². The number of imide groups is 1. The number of carboxylic acid groups (broad SMARTS) is 3. The number of methoxy groups -OCH3 is 2. The van der Waals surface area contributed by atoms with Crippen LogP contribution in [-0.2, 0) is 96.5 Å². The van der Waals surface area contributed by atoms with E-state index in [1.165, 1.54) is 46.9 Å². The Morgan fingerprint density at radius 1 is 0.510 bits per heavy atom. The quantitative estimate of drug-likeness (QED) is 0.00470. The van der Waals surface area contributed by atoms with Gasteiger partial charge in [0.25, 0.3) is 0 Å². The van der Waals surface area contributed by atoms with Crippen molar-refractivity contribution in [2.24, 2.45) is 109 Å². The molecule has 3 heterocycles. The smallest absolute Gasteiger partial charge is 0.550 e. The van der Waals surface area contributed by atoms with Gasteiger partial charge >= 0.3 is 77.3 Å². The molecule has 3 saturated heterocycles. The van der Waals surface area contributed by atoms with Crippen LogP contribution in [0.25, 0.3) is 0 Å². The Kier molecular flexibility index (Phi) is 53.1. The average Bonchev–Trinajstić information content (AvgIpc) is 1.54. The van der Waals surface area contributed by atoms with Crippen molar-refractivity contribution in [1.82, 2.24) is 34.4 Å².